The molecule has 1 atom stereocenters. The van der Waals surface area contributed by atoms with Crippen LogP contribution in [-0.4, -0.2) is 40.2 Å². The molecule has 0 aliphatic carbocycles. The van der Waals surface area contributed by atoms with Gasteiger partial charge in [-0.05, 0) is 26.3 Å². The fourth-order valence-electron chi connectivity index (χ4n) is 2.06. The molecule has 1 aliphatic heterocycles. The van der Waals surface area contributed by atoms with Crippen LogP contribution < -0.4 is 5.32 Å². The summed E-state index contributed by atoms with van der Waals surface area (Å²) in [6.45, 7) is 5.92. The Hall–Kier alpha value is -1.69. The number of ether oxygens (including phenoxy) is 1. The van der Waals surface area contributed by atoms with Crippen molar-refractivity contribution in [2.75, 3.05) is 11.6 Å². The maximum Gasteiger partial charge on any atom is 0.411 e. The van der Waals surface area contributed by atoms with Gasteiger partial charge in [0, 0.05) is 12.3 Å². The molecule has 0 radical (unpaired) electrons. The molecule has 1 aromatic carbocycles. The van der Waals surface area contributed by atoms with E-state index in [9.17, 15) is 9.59 Å². The lowest BCUT2D eigenvalue weighted by Gasteiger charge is -2.27. The minimum atomic E-state index is -0.560. The van der Waals surface area contributed by atoms with E-state index >= 15 is 0 Å². The van der Waals surface area contributed by atoms with Crippen LogP contribution in [0, 0.1) is 0 Å². The number of hydrogen-bond acceptors (Lipinski definition) is 4. The van der Waals surface area contributed by atoms with Crippen LogP contribution in [0.3, 0.4) is 0 Å². The highest BCUT2D eigenvalue weighted by Gasteiger charge is 2.36. The Morgan fingerprint density at radius 1 is 1.32 bits per heavy atom. The fourth-order valence-corrected chi connectivity index (χ4v) is 3.21. The van der Waals surface area contributed by atoms with Crippen molar-refractivity contribution in [3.05, 3.63) is 35.9 Å². The Morgan fingerprint density at radius 2 is 2.00 bits per heavy atom. The molecular weight excluding hydrogens is 300 g/mol. The molecule has 120 valence electrons. The van der Waals surface area contributed by atoms with Crippen molar-refractivity contribution in [3.8, 4) is 0 Å². The number of rotatable bonds is 3. The highest BCUT2D eigenvalue weighted by atomic mass is 32.2. The predicted octanol–water partition coefficient (Wildman–Crippen LogP) is 2.61. The second-order valence-corrected chi connectivity index (χ2v) is 7.17. The first-order valence-corrected chi connectivity index (χ1v) is 8.41. The van der Waals surface area contributed by atoms with E-state index in [1.165, 1.54) is 4.90 Å². The quantitative estimate of drug-likeness (QED) is 0.929. The molecule has 2 amide bonds. The topological polar surface area (TPSA) is 58.6 Å². The number of hydrogen-bond donors (Lipinski definition) is 1. The molecule has 0 spiro atoms. The summed E-state index contributed by atoms with van der Waals surface area (Å²) < 4.78 is 5.36. The van der Waals surface area contributed by atoms with Crippen molar-refractivity contribution in [3.63, 3.8) is 0 Å². The van der Waals surface area contributed by atoms with Gasteiger partial charge in [0.05, 0.1) is 5.88 Å². The molecule has 2 rings (SSSR count). The molecule has 1 saturated heterocycles. The van der Waals surface area contributed by atoms with Gasteiger partial charge in [0.15, 0.2) is 0 Å². The van der Waals surface area contributed by atoms with E-state index in [-0.39, 0.29) is 5.91 Å². The second kappa shape index (κ2) is 7.05. The minimum Gasteiger partial charge on any atom is -0.444 e. The molecule has 1 heterocycles. The third kappa shape index (κ3) is 4.66. The SMILES string of the molecule is CC(C)(C)OC(=O)N1CSC[C@H]1C(=O)NCc1ccccc1. The molecule has 0 saturated carbocycles. The van der Waals surface area contributed by atoms with Crippen LogP contribution in [0.5, 0.6) is 0 Å². The minimum absolute atomic E-state index is 0.139. The Balaban J connectivity index is 1.92. The van der Waals surface area contributed by atoms with Crippen LogP contribution in [0.4, 0.5) is 4.79 Å². The van der Waals surface area contributed by atoms with Gasteiger partial charge in [-0.25, -0.2) is 4.79 Å². The van der Waals surface area contributed by atoms with Gasteiger partial charge >= 0.3 is 6.09 Å². The number of amides is 2. The number of nitrogens with zero attached hydrogens (tertiary/aromatic N) is 1. The van der Waals surface area contributed by atoms with Crippen LogP contribution >= 0.6 is 11.8 Å². The van der Waals surface area contributed by atoms with Gasteiger partial charge < -0.3 is 10.1 Å². The van der Waals surface area contributed by atoms with Crippen molar-refractivity contribution in [2.45, 2.75) is 39.0 Å². The normalized spacial score (nSPS) is 18.1. The maximum absolute atomic E-state index is 12.3. The van der Waals surface area contributed by atoms with Crippen LogP contribution in [-0.2, 0) is 16.1 Å². The summed E-state index contributed by atoms with van der Waals surface area (Å²) >= 11 is 1.56. The number of thioether (sulfide) groups is 1. The monoisotopic (exact) mass is 322 g/mol. The van der Waals surface area contributed by atoms with E-state index in [1.54, 1.807) is 11.8 Å². The van der Waals surface area contributed by atoms with Crippen molar-refractivity contribution < 1.29 is 14.3 Å². The fraction of sp³-hybridized carbons (Fsp3) is 0.500. The average Bonchev–Trinajstić information content (AvgIpc) is 2.93. The van der Waals surface area contributed by atoms with Gasteiger partial charge in [-0.2, -0.15) is 0 Å². The van der Waals surface area contributed by atoms with Crippen molar-refractivity contribution in [1.82, 2.24) is 10.2 Å². The van der Waals surface area contributed by atoms with Crippen LogP contribution in [0.25, 0.3) is 0 Å². The Morgan fingerprint density at radius 3 is 2.64 bits per heavy atom. The van der Waals surface area contributed by atoms with Gasteiger partial charge in [-0.1, -0.05) is 30.3 Å². The molecule has 1 aliphatic rings. The third-order valence-electron chi connectivity index (χ3n) is 3.12. The van der Waals surface area contributed by atoms with Gasteiger partial charge in [0.2, 0.25) is 5.91 Å². The van der Waals surface area contributed by atoms with Crippen LogP contribution in [0.2, 0.25) is 0 Å². The molecule has 1 N–H and O–H groups in total. The molecule has 0 unspecified atom stereocenters. The Kier molecular flexibility index (Phi) is 5.34. The average molecular weight is 322 g/mol. The molecule has 22 heavy (non-hydrogen) atoms. The highest BCUT2D eigenvalue weighted by molar-refractivity contribution is 7.99. The molecule has 1 fully saturated rings. The zero-order valence-electron chi connectivity index (χ0n) is 13.2. The van der Waals surface area contributed by atoms with Crippen LogP contribution in [0.1, 0.15) is 26.3 Å². The summed E-state index contributed by atoms with van der Waals surface area (Å²) in [4.78, 5) is 26.0. The Labute approximate surface area is 135 Å². The first-order chi connectivity index (χ1) is 10.4. The summed E-state index contributed by atoms with van der Waals surface area (Å²) in [7, 11) is 0. The lowest BCUT2D eigenvalue weighted by atomic mass is 10.2. The van der Waals surface area contributed by atoms with Crippen molar-refractivity contribution in [2.24, 2.45) is 0 Å². The summed E-state index contributed by atoms with van der Waals surface area (Å²) in [5.41, 5.74) is 0.473. The smallest absolute Gasteiger partial charge is 0.411 e. The number of nitrogens with one attached hydrogen (secondary N) is 1. The number of carbonyl (C=O) groups excluding carboxylic acids is 2. The zero-order valence-corrected chi connectivity index (χ0v) is 14.0. The molecule has 5 nitrogen and oxygen atoms in total. The first kappa shape index (κ1) is 16.7. The maximum atomic E-state index is 12.3. The predicted molar refractivity (Wildman–Crippen MR) is 87.5 cm³/mol. The summed E-state index contributed by atoms with van der Waals surface area (Å²) in [5, 5.41) is 2.89. The standard InChI is InChI=1S/C16H22N2O3S/c1-16(2,3)21-15(20)18-11-22-10-13(18)14(19)17-9-12-7-5-4-6-8-12/h4-8,13H,9-11H2,1-3H3,(H,17,19)/t13-/m0/s1. The zero-order chi connectivity index (χ0) is 16.2. The molecule has 0 aromatic heterocycles. The Bertz CT molecular complexity index is 528. The van der Waals surface area contributed by atoms with E-state index in [2.05, 4.69) is 5.32 Å². The van der Waals surface area contributed by atoms with Gasteiger partial charge in [-0.3, -0.25) is 9.69 Å². The number of carbonyl (C=O) groups is 2. The first-order valence-electron chi connectivity index (χ1n) is 7.26. The van der Waals surface area contributed by atoms with Crippen molar-refractivity contribution in [1.29, 1.82) is 0 Å². The van der Waals surface area contributed by atoms with Crippen molar-refractivity contribution >= 4 is 23.8 Å². The molecule has 0 bridgehead atoms. The lowest BCUT2D eigenvalue weighted by molar-refractivity contribution is -0.125. The summed E-state index contributed by atoms with van der Waals surface area (Å²) in [6.07, 6.45) is -0.433. The summed E-state index contributed by atoms with van der Waals surface area (Å²) in [5.74, 6) is 0.942. The third-order valence-corrected chi connectivity index (χ3v) is 4.13. The van der Waals surface area contributed by atoms with Gasteiger partial charge in [-0.15, -0.1) is 11.8 Å². The van der Waals surface area contributed by atoms with E-state index < -0.39 is 17.7 Å². The van der Waals surface area contributed by atoms with E-state index in [1.807, 2.05) is 51.1 Å². The summed E-state index contributed by atoms with van der Waals surface area (Å²) in [6, 6.07) is 9.23. The molecule has 6 heteroatoms. The lowest BCUT2D eigenvalue weighted by Crippen LogP contribution is -2.48. The second-order valence-electron chi connectivity index (χ2n) is 6.17. The van der Waals surface area contributed by atoms with E-state index in [0.717, 1.165) is 5.56 Å². The number of benzene rings is 1. The highest BCUT2D eigenvalue weighted by Crippen LogP contribution is 2.23. The van der Waals surface area contributed by atoms with Crippen LogP contribution in [0.15, 0.2) is 30.3 Å². The van der Waals surface area contributed by atoms with Gasteiger partial charge in [0.1, 0.15) is 11.6 Å². The molecular formula is C16H22N2O3S. The molecule has 1 aromatic rings. The van der Waals surface area contributed by atoms with E-state index in [4.69, 9.17) is 4.74 Å². The van der Waals surface area contributed by atoms with E-state index in [0.29, 0.717) is 18.2 Å². The van der Waals surface area contributed by atoms with Gasteiger partial charge in [0.25, 0.3) is 0 Å². The largest absolute Gasteiger partial charge is 0.444 e.